The lowest BCUT2D eigenvalue weighted by Crippen LogP contribution is -2.15. The Morgan fingerprint density at radius 3 is 2.79 bits per heavy atom. The van der Waals surface area contributed by atoms with Gasteiger partial charge in [0.15, 0.2) is 0 Å². The highest BCUT2D eigenvalue weighted by Gasteiger charge is 2.08. The normalized spacial score (nSPS) is 11.2. The lowest BCUT2D eigenvalue weighted by Gasteiger charge is -2.02. The molecule has 0 bridgehead atoms. The molecule has 0 spiro atoms. The molecule has 0 saturated heterocycles. The van der Waals surface area contributed by atoms with Gasteiger partial charge in [-0.05, 0) is 23.9 Å². The monoisotopic (exact) mass is 307 g/mol. The van der Waals surface area contributed by atoms with Gasteiger partial charge in [0, 0.05) is 32.9 Å². The van der Waals surface area contributed by atoms with Gasteiger partial charge in [0.2, 0.25) is 0 Å². The molecule has 0 aliphatic heterocycles. The highest BCUT2D eigenvalue weighted by Crippen LogP contribution is 2.34. The number of benzene rings is 1. The van der Waals surface area contributed by atoms with Gasteiger partial charge in [-0.1, -0.05) is 35.9 Å². The van der Waals surface area contributed by atoms with Crippen molar-refractivity contribution in [3.05, 3.63) is 56.6 Å². The summed E-state index contributed by atoms with van der Waals surface area (Å²) in [4.78, 5) is 2.66. The standard InChI is InChI=1S/C15H14ClNS2/c16-15-12-5-1-2-6-13(12)19-14(15)10-17-8-7-11-4-3-9-18-11/h1-6,9,17H,7-8,10H2. The number of halogens is 1. The predicted octanol–water partition coefficient (Wildman–Crippen LogP) is 4.95. The molecule has 0 radical (unpaired) electrons. The van der Waals surface area contributed by atoms with E-state index in [0.29, 0.717) is 0 Å². The molecule has 1 nitrogen and oxygen atoms in total. The second-order valence-electron chi connectivity index (χ2n) is 4.34. The molecule has 2 heterocycles. The van der Waals surface area contributed by atoms with Crippen LogP contribution in [0.5, 0.6) is 0 Å². The molecule has 3 aromatic rings. The van der Waals surface area contributed by atoms with Crippen LogP contribution in [0.15, 0.2) is 41.8 Å². The van der Waals surface area contributed by atoms with Crippen LogP contribution in [0.1, 0.15) is 9.75 Å². The zero-order chi connectivity index (χ0) is 13.1. The van der Waals surface area contributed by atoms with Crippen LogP contribution in [0, 0.1) is 0 Å². The fraction of sp³-hybridized carbons (Fsp3) is 0.200. The maximum absolute atomic E-state index is 6.41. The fourth-order valence-corrected chi connectivity index (χ4v) is 4.22. The number of hydrogen-bond donors (Lipinski definition) is 1. The fourth-order valence-electron chi connectivity index (χ4n) is 2.05. The molecule has 1 aromatic carbocycles. The molecule has 0 aliphatic rings. The van der Waals surface area contributed by atoms with Crippen molar-refractivity contribution in [2.45, 2.75) is 13.0 Å². The second-order valence-corrected chi connectivity index (χ2v) is 6.89. The summed E-state index contributed by atoms with van der Waals surface area (Å²) in [5, 5.41) is 7.67. The van der Waals surface area contributed by atoms with E-state index in [1.165, 1.54) is 19.8 Å². The van der Waals surface area contributed by atoms with Crippen LogP contribution in [0.2, 0.25) is 5.02 Å². The molecule has 98 valence electrons. The van der Waals surface area contributed by atoms with Gasteiger partial charge in [-0.2, -0.15) is 0 Å². The Morgan fingerprint density at radius 2 is 2.00 bits per heavy atom. The number of hydrogen-bond acceptors (Lipinski definition) is 3. The van der Waals surface area contributed by atoms with Crippen LogP contribution in [-0.4, -0.2) is 6.54 Å². The van der Waals surface area contributed by atoms with Gasteiger partial charge >= 0.3 is 0 Å². The third kappa shape index (κ3) is 3.00. The number of thiophene rings is 2. The van der Waals surface area contributed by atoms with E-state index in [9.17, 15) is 0 Å². The lowest BCUT2D eigenvalue weighted by atomic mass is 10.2. The van der Waals surface area contributed by atoms with Crippen molar-refractivity contribution in [2.24, 2.45) is 0 Å². The molecular weight excluding hydrogens is 294 g/mol. The minimum absolute atomic E-state index is 0.851. The quantitative estimate of drug-likeness (QED) is 0.658. The summed E-state index contributed by atoms with van der Waals surface area (Å²) in [6.07, 6.45) is 1.08. The number of nitrogens with one attached hydrogen (secondary N) is 1. The van der Waals surface area contributed by atoms with Crippen molar-refractivity contribution in [1.82, 2.24) is 5.32 Å². The van der Waals surface area contributed by atoms with Gasteiger partial charge in [-0.15, -0.1) is 22.7 Å². The van der Waals surface area contributed by atoms with Crippen molar-refractivity contribution in [3.63, 3.8) is 0 Å². The summed E-state index contributed by atoms with van der Waals surface area (Å²) in [5.74, 6) is 0. The molecule has 0 amide bonds. The van der Waals surface area contributed by atoms with E-state index in [-0.39, 0.29) is 0 Å². The topological polar surface area (TPSA) is 12.0 Å². The van der Waals surface area contributed by atoms with Crippen LogP contribution in [0.25, 0.3) is 10.1 Å². The Hall–Kier alpha value is -0.870. The lowest BCUT2D eigenvalue weighted by molar-refractivity contribution is 0.698. The highest BCUT2D eigenvalue weighted by molar-refractivity contribution is 7.19. The van der Waals surface area contributed by atoms with E-state index >= 15 is 0 Å². The smallest absolute Gasteiger partial charge is 0.0636 e. The minimum Gasteiger partial charge on any atom is -0.311 e. The van der Waals surface area contributed by atoms with Gasteiger partial charge in [0.05, 0.1) is 5.02 Å². The van der Waals surface area contributed by atoms with Gasteiger partial charge in [0.25, 0.3) is 0 Å². The van der Waals surface area contributed by atoms with E-state index in [1.54, 1.807) is 11.3 Å². The Bertz CT molecular complexity index is 658. The Kier molecular flexibility index (Phi) is 4.18. The third-order valence-electron chi connectivity index (χ3n) is 3.02. The van der Waals surface area contributed by atoms with Crippen molar-refractivity contribution in [1.29, 1.82) is 0 Å². The van der Waals surface area contributed by atoms with Crippen molar-refractivity contribution < 1.29 is 0 Å². The Labute approximate surface area is 125 Å². The first-order chi connectivity index (χ1) is 9.34. The van der Waals surface area contributed by atoms with Crippen molar-refractivity contribution in [3.8, 4) is 0 Å². The summed E-state index contributed by atoms with van der Waals surface area (Å²) in [5.41, 5.74) is 0. The third-order valence-corrected chi connectivity index (χ3v) is 5.67. The average Bonchev–Trinajstić information content (AvgIpc) is 3.04. The molecule has 3 rings (SSSR count). The summed E-state index contributed by atoms with van der Waals surface area (Å²) in [6, 6.07) is 12.6. The minimum atomic E-state index is 0.851. The number of rotatable bonds is 5. The number of fused-ring (bicyclic) bond motifs is 1. The molecular formula is C15H14ClNS2. The van der Waals surface area contributed by atoms with Gasteiger partial charge < -0.3 is 5.32 Å². The molecule has 2 aromatic heterocycles. The highest BCUT2D eigenvalue weighted by atomic mass is 35.5. The van der Waals surface area contributed by atoms with Crippen molar-refractivity contribution >= 4 is 44.4 Å². The molecule has 1 N–H and O–H groups in total. The predicted molar refractivity (Wildman–Crippen MR) is 86.6 cm³/mol. The van der Waals surface area contributed by atoms with Gasteiger partial charge in [0.1, 0.15) is 0 Å². The maximum atomic E-state index is 6.41. The van der Waals surface area contributed by atoms with Crippen LogP contribution >= 0.6 is 34.3 Å². The molecule has 0 saturated carbocycles. The molecule has 0 fully saturated rings. The van der Waals surface area contributed by atoms with Crippen LogP contribution in [0.4, 0.5) is 0 Å². The summed E-state index contributed by atoms with van der Waals surface area (Å²) in [6.45, 7) is 1.84. The molecule has 0 atom stereocenters. The zero-order valence-electron chi connectivity index (χ0n) is 10.4. The van der Waals surface area contributed by atoms with Crippen LogP contribution in [0.3, 0.4) is 0 Å². The molecule has 0 unspecified atom stereocenters. The van der Waals surface area contributed by atoms with Crippen LogP contribution < -0.4 is 5.32 Å². The largest absolute Gasteiger partial charge is 0.311 e. The summed E-state index contributed by atoms with van der Waals surface area (Å²) >= 11 is 10.0. The second kappa shape index (κ2) is 6.06. The van der Waals surface area contributed by atoms with E-state index in [4.69, 9.17) is 11.6 Å². The van der Waals surface area contributed by atoms with Crippen molar-refractivity contribution in [2.75, 3.05) is 6.54 Å². The van der Waals surface area contributed by atoms with E-state index in [0.717, 1.165) is 24.5 Å². The van der Waals surface area contributed by atoms with Gasteiger partial charge in [-0.25, -0.2) is 0 Å². The summed E-state index contributed by atoms with van der Waals surface area (Å²) < 4.78 is 1.27. The van der Waals surface area contributed by atoms with E-state index in [1.807, 2.05) is 17.4 Å². The Morgan fingerprint density at radius 1 is 1.11 bits per heavy atom. The van der Waals surface area contributed by atoms with Gasteiger partial charge in [-0.3, -0.25) is 0 Å². The first kappa shape index (κ1) is 13.1. The first-order valence-corrected chi connectivity index (χ1v) is 8.31. The summed E-state index contributed by atoms with van der Waals surface area (Å²) in [7, 11) is 0. The molecule has 4 heteroatoms. The SMILES string of the molecule is Clc1c(CNCCc2cccs2)sc2ccccc12. The zero-order valence-corrected chi connectivity index (χ0v) is 12.7. The molecule has 19 heavy (non-hydrogen) atoms. The van der Waals surface area contributed by atoms with E-state index in [2.05, 4.69) is 41.0 Å². The maximum Gasteiger partial charge on any atom is 0.0636 e. The van der Waals surface area contributed by atoms with Crippen LogP contribution in [-0.2, 0) is 13.0 Å². The molecule has 0 aliphatic carbocycles. The average molecular weight is 308 g/mol. The van der Waals surface area contributed by atoms with E-state index < -0.39 is 0 Å². The Balaban J connectivity index is 1.61. The first-order valence-electron chi connectivity index (χ1n) is 6.23.